The van der Waals surface area contributed by atoms with E-state index >= 15 is 0 Å². The minimum absolute atomic E-state index is 0.752. The van der Waals surface area contributed by atoms with Crippen molar-refractivity contribution in [1.29, 1.82) is 0 Å². The van der Waals surface area contributed by atoms with Crippen molar-refractivity contribution in [3.8, 4) is 0 Å². The molecule has 0 saturated heterocycles. The van der Waals surface area contributed by atoms with Crippen molar-refractivity contribution in [3.05, 3.63) is 29.3 Å². The van der Waals surface area contributed by atoms with E-state index in [0.717, 1.165) is 21.3 Å². The van der Waals surface area contributed by atoms with E-state index in [9.17, 15) is 0 Å². The SMILES string of the molecule is [CH]=[SH]c1ccc(Cl)cc1. The van der Waals surface area contributed by atoms with Gasteiger partial charge in [0.15, 0.2) is 0 Å². The van der Waals surface area contributed by atoms with Crippen molar-refractivity contribution >= 4 is 28.8 Å². The van der Waals surface area contributed by atoms with Crippen LogP contribution in [0.15, 0.2) is 29.2 Å². The second kappa shape index (κ2) is 3.04. The van der Waals surface area contributed by atoms with Crippen LogP contribution < -0.4 is 0 Å². The summed E-state index contributed by atoms with van der Waals surface area (Å²) in [4.78, 5) is 1.08. The first-order valence-electron chi connectivity index (χ1n) is 2.49. The third kappa shape index (κ3) is 1.84. The van der Waals surface area contributed by atoms with Gasteiger partial charge in [0.1, 0.15) is 0 Å². The zero-order chi connectivity index (χ0) is 6.69. The monoisotopic (exact) mass is 157 g/mol. The summed E-state index contributed by atoms with van der Waals surface area (Å²) in [6.45, 7) is 0. The number of hydrogen-bond donors (Lipinski definition) is 1. The molecular formula is C7H6ClS. The van der Waals surface area contributed by atoms with Crippen LogP contribution in [-0.4, -0.2) is 5.87 Å². The highest BCUT2D eigenvalue weighted by molar-refractivity contribution is 7.96. The molecule has 0 aliphatic rings. The first-order valence-corrected chi connectivity index (χ1v) is 3.83. The molecule has 0 saturated carbocycles. The lowest BCUT2D eigenvalue weighted by atomic mass is 10.4. The van der Waals surface area contributed by atoms with Crippen LogP contribution in [0.3, 0.4) is 0 Å². The molecule has 0 bridgehead atoms. The minimum Gasteiger partial charge on any atom is -0.169 e. The van der Waals surface area contributed by atoms with Gasteiger partial charge in [-0.05, 0) is 35.0 Å². The van der Waals surface area contributed by atoms with Gasteiger partial charge >= 0.3 is 0 Å². The molecule has 0 aliphatic carbocycles. The second-order valence-electron chi connectivity index (χ2n) is 1.61. The molecular weight excluding hydrogens is 152 g/mol. The smallest absolute Gasteiger partial charge is 0.0406 e. The van der Waals surface area contributed by atoms with Gasteiger partial charge in [0, 0.05) is 5.02 Å². The van der Waals surface area contributed by atoms with Crippen LogP contribution in [0.4, 0.5) is 0 Å². The van der Waals surface area contributed by atoms with Crippen LogP contribution in [-0.2, 0) is 0 Å². The van der Waals surface area contributed by atoms with Gasteiger partial charge in [0.2, 0.25) is 0 Å². The lowest BCUT2D eigenvalue weighted by Crippen LogP contribution is -1.63. The molecule has 0 aromatic heterocycles. The topological polar surface area (TPSA) is 0 Å². The third-order valence-corrected chi connectivity index (χ3v) is 1.82. The Balaban J connectivity index is 3.01. The Hall–Kier alpha value is -0.270. The van der Waals surface area contributed by atoms with Crippen LogP contribution in [0.25, 0.3) is 0 Å². The number of hydrogen-bond acceptors (Lipinski definition) is 0. The molecule has 0 amide bonds. The molecule has 0 nitrogen and oxygen atoms in total. The van der Waals surface area contributed by atoms with Crippen LogP contribution >= 0.6 is 23.0 Å². The van der Waals surface area contributed by atoms with Gasteiger partial charge in [-0.2, -0.15) is 11.4 Å². The summed E-state index contributed by atoms with van der Waals surface area (Å²) in [5.74, 6) is 5.33. The molecule has 0 fully saturated rings. The summed E-state index contributed by atoms with van der Waals surface area (Å²) in [5, 5.41) is 0.752. The van der Waals surface area contributed by atoms with Crippen molar-refractivity contribution in [3.63, 3.8) is 0 Å². The zero-order valence-electron chi connectivity index (χ0n) is 4.71. The van der Waals surface area contributed by atoms with E-state index in [0.29, 0.717) is 0 Å². The van der Waals surface area contributed by atoms with Gasteiger partial charge in [-0.3, -0.25) is 0 Å². The first kappa shape index (κ1) is 6.84. The molecule has 2 heteroatoms. The van der Waals surface area contributed by atoms with Crippen LogP contribution in [0, 0.1) is 0 Å². The molecule has 0 aliphatic heterocycles. The van der Waals surface area contributed by atoms with Crippen LogP contribution in [0.2, 0.25) is 5.02 Å². The highest BCUT2D eigenvalue weighted by Crippen LogP contribution is 2.13. The average Bonchev–Trinajstić information content (AvgIpc) is 1.90. The summed E-state index contributed by atoms with van der Waals surface area (Å²) in [5.41, 5.74) is 0. The van der Waals surface area contributed by atoms with Gasteiger partial charge in [-0.1, -0.05) is 11.6 Å². The Bertz CT molecular complexity index is 203. The highest BCUT2D eigenvalue weighted by atomic mass is 35.5. The van der Waals surface area contributed by atoms with E-state index in [2.05, 4.69) is 0 Å². The fourth-order valence-corrected chi connectivity index (χ4v) is 0.974. The molecule has 47 valence electrons. The lowest BCUT2D eigenvalue weighted by Gasteiger charge is -1.90. The number of thiol groups is 1. The molecule has 0 spiro atoms. The van der Waals surface area contributed by atoms with Crippen molar-refractivity contribution in [2.75, 3.05) is 0 Å². The predicted octanol–water partition coefficient (Wildman–Crippen LogP) is 2.47. The molecule has 0 atom stereocenters. The Morgan fingerprint density at radius 2 is 1.78 bits per heavy atom. The molecule has 0 unspecified atom stereocenters. The van der Waals surface area contributed by atoms with E-state index in [1.54, 1.807) is 0 Å². The summed E-state index contributed by atoms with van der Waals surface area (Å²) in [6.07, 6.45) is 0. The maximum Gasteiger partial charge on any atom is 0.0406 e. The number of benzene rings is 1. The highest BCUT2D eigenvalue weighted by Gasteiger charge is 1.83. The van der Waals surface area contributed by atoms with Gasteiger partial charge in [-0.15, -0.1) is 0 Å². The van der Waals surface area contributed by atoms with Gasteiger partial charge in [-0.25, -0.2) is 0 Å². The fourth-order valence-electron chi connectivity index (χ4n) is 0.527. The van der Waals surface area contributed by atoms with E-state index in [-0.39, 0.29) is 0 Å². The molecule has 1 rings (SSSR count). The summed E-state index contributed by atoms with van der Waals surface area (Å²) in [6, 6.07) is 7.47. The Morgan fingerprint density at radius 1 is 1.22 bits per heavy atom. The summed E-state index contributed by atoms with van der Waals surface area (Å²) < 4.78 is 0. The maximum atomic E-state index is 5.62. The van der Waals surface area contributed by atoms with Crippen molar-refractivity contribution in [2.24, 2.45) is 0 Å². The standard InChI is InChI=1S/C7H6ClS/c1-9-7-4-2-6(8)3-5-7/h1-5,9H. The fraction of sp³-hybridized carbons (Fsp3) is 0. The first-order chi connectivity index (χ1) is 4.33. The van der Waals surface area contributed by atoms with Crippen molar-refractivity contribution in [1.82, 2.24) is 0 Å². The van der Waals surface area contributed by atoms with Gasteiger partial charge in [0.25, 0.3) is 0 Å². The molecule has 0 N–H and O–H groups in total. The largest absolute Gasteiger partial charge is 0.169 e. The number of rotatable bonds is 1. The summed E-state index contributed by atoms with van der Waals surface area (Å²) in [7, 11) is 0. The van der Waals surface area contributed by atoms with Crippen molar-refractivity contribution in [2.45, 2.75) is 4.90 Å². The van der Waals surface area contributed by atoms with Crippen LogP contribution in [0.1, 0.15) is 0 Å². The maximum absolute atomic E-state index is 5.62. The van der Waals surface area contributed by atoms with E-state index < -0.39 is 0 Å². The summed E-state index contributed by atoms with van der Waals surface area (Å²) >= 11 is 6.42. The quantitative estimate of drug-likeness (QED) is 0.470. The molecule has 1 aromatic rings. The van der Waals surface area contributed by atoms with Gasteiger partial charge in [0.05, 0.1) is 0 Å². The Kier molecular flexibility index (Phi) is 2.31. The zero-order valence-corrected chi connectivity index (χ0v) is 6.36. The third-order valence-electron chi connectivity index (χ3n) is 0.976. The van der Waals surface area contributed by atoms with E-state index in [4.69, 9.17) is 17.5 Å². The van der Waals surface area contributed by atoms with E-state index in [1.807, 2.05) is 24.3 Å². The number of halogens is 1. The molecule has 9 heavy (non-hydrogen) atoms. The predicted molar refractivity (Wildman–Crippen MR) is 44.8 cm³/mol. The normalized spacial score (nSPS) is 9.44. The molecule has 1 aromatic carbocycles. The van der Waals surface area contributed by atoms with E-state index in [1.165, 1.54) is 0 Å². The Morgan fingerprint density at radius 3 is 2.22 bits per heavy atom. The van der Waals surface area contributed by atoms with Gasteiger partial charge < -0.3 is 0 Å². The lowest BCUT2D eigenvalue weighted by molar-refractivity contribution is 1.48. The Labute approximate surface area is 63.4 Å². The van der Waals surface area contributed by atoms with Crippen molar-refractivity contribution < 1.29 is 0 Å². The average molecular weight is 158 g/mol. The minimum atomic E-state index is 0.752. The second-order valence-corrected chi connectivity index (χ2v) is 2.82. The van der Waals surface area contributed by atoms with Crippen LogP contribution in [0.5, 0.6) is 0 Å². The molecule has 1 radical (unpaired) electrons. The molecule has 0 heterocycles.